The Kier molecular flexibility index (Phi) is 10.5. The third-order valence-corrected chi connectivity index (χ3v) is 7.13. The maximum atomic E-state index is 13.3. The Morgan fingerprint density at radius 3 is 2.31 bits per heavy atom. The molecular weight excluding hydrogens is 497 g/mol. The van der Waals surface area contributed by atoms with Crippen LogP contribution in [0.15, 0.2) is 42.5 Å². The van der Waals surface area contributed by atoms with Crippen molar-refractivity contribution in [2.75, 3.05) is 24.5 Å². The average Bonchev–Trinajstić information content (AvgIpc) is 2.89. The number of nitrogens with one attached hydrogen (secondary N) is 2. The minimum atomic E-state index is -0.244. The van der Waals surface area contributed by atoms with E-state index in [1.165, 1.54) is 44.2 Å². The number of Topliss-reactive ketones (excluding diaryl/α,β-unsaturated/α-hetero) is 3. The van der Waals surface area contributed by atoms with E-state index in [1.807, 2.05) is 18.3 Å². The molecule has 2 aromatic rings. The van der Waals surface area contributed by atoms with Crippen molar-refractivity contribution in [1.29, 1.82) is 10.7 Å². The lowest BCUT2D eigenvalue weighted by Gasteiger charge is -2.39. The molecule has 0 unspecified atom stereocenters. The highest BCUT2D eigenvalue weighted by atomic mass is 19.1. The molecule has 1 fully saturated rings. The molecule has 0 saturated carbocycles. The summed E-state index contributed by atoms with van der Waals surface area (Å²) in [5.41, 5.74) is 1.97. The second-order valence-corrected chi connectivity index (χ2v) is 10.3. The lowest BCUT2D eigenvalue weighted by atomic mass is 9.84. The monoisotopic (exact) mass is 533 g/mol. The van der Waals surface area contributed by atoms with Crippen LogP contribution in [0.4, 0.5) is 10.1 Å². The van der Waals surface area contributed by atoms with Gasteiger partial charge in [0.2, 0.25) is 5.96 Å². The molecule has 206 valence electrons. The van der Waals surface area contributed by atoms with Gasteiger partial charge in [0.25, 0.3) is 0 Å². The zero-order chi connectivity index (χ0) is 28.5. The number of anilines is 1. The maximum absolute atomic E-state index is 13.3. The van der Waals surface area contributed by atoms with Crippen LogP contribution in [0.3, 0.4) is 0 Å². The van der Waals surface area contributed by atoms with E-state index in [9.17, 15) is 24.0 Å². The minimum absolute atomic E-state index is 0.124. The molecule has 0 aliphatic carbocycles. The molecular formula is C30H36FN5O3. The second kappa shape index (κ2) is 13.8. The maximum Gasteiger partial charge on any atom is 0.209 e. The number of carbonyl (C=O) groups is 3. The molecule has 2 atom stereocenters. The van der Waals surface area contributed by atoms with E-state index in [-0.39, 0.29) is 40.9 Å². The largest absolute Gasteiger partial charge is 0.355 e. The number of halogens is 1. The summed E-state index contributed by atoms with van der Waals surface area (Å²) in [7, 11) is 0. The van der Waals surface area contributed by atoms with Crippen LogP contribution in [-0.2, 0) is 11.2 Å². The van der Waals surface area contributed by atoms with Gasteiger partial charge in [0, 0.05) is 23.7 Å². The normalized spacial score (nSPS) is 17.2. The Balaban J connectivity index is 1.60. The van der Waals surface area contributed by atoms with Crippen LogP contribution in [-0.4, -0.2) is 53.9 Å². The standard InChI is InChI=1S/C30H36FN5O3/c1-20(37)18-35-12-10-24(13-23-6-8-27(31)9-7-23)14-28(35)5-4-11-34-30(33)36(19-32)29-16-25(21(2)38)15-26(17-29)22(3)39/h6-9,15-17,24,28H,4-5,10-14,18H2,1-3H3,(H2,33,34)/t24-,28-/m0/s1. The van der Waals surface area contributed by atoms with Crippen LogP contribution in [0.1, 0.15) is 72.7 Å². The van der Waals surface area contributed by atoms with Crippen LogP contribution in [0.25, 0.3) is 0 Å². The third kappa shape index (κ3) is 8.55. The fourth-order valence-corrected chi connectivity index (χ4v) is 5.12. The molecule has 0 bridgehead atoms. The Labute approximate surface area is 229 Å². The van der Waals surface area contributed by atoms with E-state index < -0.39 is 0 Å². The van der Waals surface area contributed by atoms with Gasteiger partial charge in [-0.05, 0) is 101 Å². The summed E-state index contributed by atoms with van der Waals surface area (Å²) in [5, 5.41) is 21.1. The molecule has 1 heterocycles. The summed E-state index contributed by atoms with van der Waals surface area (Å²) in [6, 6.07) is 11.3. The van der Waals surface area contributed by atoms with Crippen molar-refractivity contribution < 1.29 is 18.8 Å². The predicted octanol–water partition coefficient (Wildman–Crippen LogP) is 4.74. The first-order valence-corrected chi connectivity index (χ1v) is 13.2. The third-order valence-electron chi connectivity index (χ3n) is 7.13. The van der Waals surface area contributed by atoms with Crippen molar-refractivity contribution in [3.8, 4) is 6.19 Å². The van der Waals surface area contributed by atoms with E-state index in [2.05, 4.69) is 10.2 Å². The first-order chi connectivity index (χ1) is 18.6. The van der Waals surface area contributed by atoms with Gasteiger partial charge in [0.1, 0.15) is 11.6 Å². The number of carbonyl (C=O) groups excluding carboxylic acids is 3. The van der Waals surface area contributed by atoms with Gasteiger partial charge < -0.3 is 5.32 Å². The number of rotatable bonds is 11. The summed E-state index contributed by atoms with van der Waals surface area (Å²) >= 11 is 0. The zero-order valence-electron chi connectivity index (χ0n) is 22.8. The SMILES string of the molecule is CC(=O)CN1CC[C@@H](Cc2ccc(F)cc2)C[C@@H]1CCCNC(=N)N(C#N)c1cc(C(C)=O)cc(C(C)=O)c1. The van der Waals surface area contributed by atoms with Gasteiger partial charge in [-0.3, -0.25) is 24.7 Å². The molecule has 2 N–H and O–H groups in total. The number of benzene rings is 2. The number of likely N-dealkylation sites (tertiary alicyclic amines) is 1. The van der Waals surface area contributed by atoms with Crippen LogP contribution in [0, 0.1) is 28.6 Å². The van der Waals surface area contributed by atoms with Crippen molar-refractivity contribution >= 4 is 29.0 Å². The van der Waals surface area contributed by atoms with Gasteiger partial charge in [-0.1, -0.05) is 12.1 Å². The molecule has 1 saturated heterocycles. The van der Waals surface area contributed by atoms with E-state index in [0.29, 0.717) is 30.1 Å². The first-order valence-electron chi connectivity index (χ1n) is 13.2. The molecule has 2 aromatic carbocycles. The van der Waals surface area contributed by atoms with Crippen LogP contribution < -0.4 is 10.2 Å². The smallest absolute Gasteiger partial charge is 0.209 e. The lowest BCUT2D eigenvalue weighted by molar-refractivity contribution is -0.119. The Morgan fingerprint density at radius 2 is 1.74 bits per heavy atom. The van der Waals surface area contributed by atoms with Crippen molar-refractivity contribution in [3.05, 3.63) is 65.0 Å². The molecule has 39 heavy (non-hydrogen) atoms. The fourth-order valence-electron chi connectivity index (χ4n) is 5.12. The number of piperidine rings is 1. The lowest BCUT2D eigenvalue weighted by Crippen LogP contribution is -2.45. The number of hydrogen-bond donors (Lipinski definition) is 2. The zero-order valence-corrected chi connectivity index (χ0v) is 22.8. The van der Waals surface area contributed by atoms with Gasteiger partial charge in [-0.15, -0.1) is 0 Å². The quantitative estimate of drug-likeness (QED) is 0.107. The first kappa shape index (κ1) is 29.7. The predicted molar refractivity (Wildman–Crippen MR) is 148 cm³/mol. The Bertz CT molecular complexity index is 1220. The van der Waals surface area contributed by atoms with Crippen LogP contribution >= 0.6 is 0 Å². The van der Waals surface area contributed by atoms with E-state index in [4.69, 9.17) is 5.41 Å². The summed E-state index contributed by atoms with van der Waals surface area (Å²) in [6.45, 7) is 6.04. The summed E-state index contributed by atoms with van der Waals surface area (Å²) in [6.07, 6.45) is 6.26. The summed E-state index contributed by atoms with van der Waals surface area (Å²) in [5.74, 6) is -0.306. The van der Waals surface area contributed by atoms with Crippen molar-refractivity contribution in [2.45, 2.75) is 58.9 Å². The highest BCUT2D eigenvalue weighted by Gasteiger charge is 2.29. The Hall–Kier alpha value is -3.90. The highest BCUT2D eigenvalue weighted by molar-refractivity contribution is 6.04. The van der Waals surface area contributed by atoms with E-state index >= 15 is 0 Å². The highest BCUT2D eigenvalue weighted by Crippen LogP contribution is 2.28. The molecule has 1 aliphatic heterocycles. The van der Waals surface area contributed by atoms with E-state index in [1.54, 1.807) is 6.92 Å². The molecule has 9 heteroatoms. The van der Waals surface area contributed by atoms with Gasteiger partial charge in [-0.2, -0.15) is 5.26 Å². The van der Waals surface area contributed by atoms with Crippen LogP contribution in [0.2, 0.25) is 0 Å². The minimum Gasteiger partial charge on any atom is -0.355 e. The number of guanidine groups is 1. The summed E-state index contributed by atoms with van der Waals surface area (Å²) < 4.78 is 13.3. The van der Waals surface area contributed by atoms with Crippen LogP contribution in [0.5, 0.6) is 0 Å². The van der Waals surface area contributed by atoms with E-state index in [0.717, 1.165) is 49.1 Å². The second-order valence-electron chi connectivity index (χ2n) is 10.3. The molecule has 0 spiro atoms. The van der Waals surface area contributed by atoms with Gasteiger partial charge in [-0.25, -0.2) is 9.29 Å². The van der Waals surface area contributed by atoms with Gasteiger partial charge >= 0.3 is 0 Å². The molecule has 1 aliphatic rings. The molecule has 8 nitrogen and oxygen atoms in total. The molecule has 3 rings (SSSR count). The Morgan fingerprint density at radius 1 is 1.10 bits per heavy atom. The van der Waals surface area contributed by atoms with Crippen molar-refractivity contribution in [3.63, 3.8) is 0 Å². The molecule has 0 aromatic heterocycles. The number of hydrogen-bond acceptors (Lipinski definition) is 6. The average molecular weight is 534 g/mol. The summed E-state index contributed by atoms with van der Waals surface area (Å²) in [4.78, 5) is 39.0. The van der Waals surface area contributed by atoms with Gasteiger partial charge in [0.05, 0.1) is 12.2 Å². The van der Waals surface area contributed by atoms with Gasteiger partial charge in [0.15, 0.2) is 17.8 Å². The number of nitrogens with zero attached hydrogens (tertiary/aromatic N) is 3. The van der Waals surface area contributed by atoms with Crippen molar-refractivity contribution in [2.24, 2.45) is 5.92 Å². The number of nitriles is 1. The van der Waals surface area contributed by atoms with Crippen molar-refractivity contribution in [1.82, 2.24) is 10.2 Å². The fraction of sp³-hybridized carbons (Fsp3) is 0.433. The molecule has 0 amide bonds. The number of ketones is 3. The topological polar surface area (TPSA) is 117 Å². The molecule has 0 radical (unpaired) electrons.